The van der Waals surface area contributed by atoms with Gasteiger partial charge in [0.25, 0.3) is 0 Å². The lowest BCUT2D eigenvalue weighted by atomic mass is 10.1. The van der Waals surface area contributed by atoms with Crippen molar-refractivity contribution in [3.8, 4) is 0 Å². The van der Waals surface area contributed by atoms with Gasteiger partial charge in [-0.05, 0) is 42.2 Å². The van der Waals surface area contributed by atoms with E-state index in [1.165, 1.54) is 12.1 Å². The van der Waals surface area contributed by atoms with Crippen LogP contribution in [-0.2, 0) is 0 Å². The Balaban J connectivity index is 2.23. The number of thioether (sulfide) groups is 1. The number of hydrogen-bond acceptors (Lipinski definition) is 3. The van der Waals surface area contributed by atoms with Gasteiger partial charge in [0.15, 0.2) is 0 Å². The first kappa shape index (κ1) is 16.1. The van der Waals surface area contributed by atoms with Crippen molar-refractivity contribution in [2.24, 2.45) is 5.10 Å². The van der Waals surface area contributed by atoms with Crippen LogP contribution in [0.25, 0.3) is 0 Å². The standard InChI is InChI=1S/C15H13Cl2FN2S/c1-21-9-15(10-2-5-12(18)6-3-10)20-19-14-7-4-11(16)8-13(14)17/h2-8,19H,9H2,1H3. The van der Waals surface area contributed by atoms with Gasteiger partial charge in [-0.1, -0.05) is 35.3 Å². The summed E-state index contributed by atoms with van der Waals surface area (Å²) in [7, 11) is 0. The van der Waals surface area contributed by atoms with Gasteiger partial charge in [-0.2, -0.15) is 16.9 Å². The fraction of sp³-hybridized carbons (Fsp3) is 0.133. The molecular weight excluding hydrogens is 330 g/mol. The van der Waals surface area contributed by atoms with E-state index in [0.717, 1.165) is 11.3 Å². The average molecular weight is 343 g/mol. The zero-order valence-corrected chi connectivity index (χ0v) is 13.6. The Kier molecular flexibility index (Phi) is 5.91. The molecule has 0 fully saturated rings. The molecule has 0 aliphatic rings. The van der Waals surface area contributed by atoms with Gasteiger partial charge in [-0.3, -0.25) is 5.43 Å². The maximum Gasteiger partial charge on any atom is 0.123 e. The summed E-state index contributed by atoms with van der Waals surface area (Å²) in [6.45, 7) is 0. The lowest BCUT2D eigenvalue weighted by Gasteiger charge is -2.08. The molecule has 1 N–H and O–H groups in total. The molecule has 0 saturated carbocycles. The molecule has 0 saturated heterocycles. The van der Waals surface area contributed by atoms with Crippen molar-refractivity contribution in [2.45, 2.75) is 0 Å². The molecule has 2 nitrogen and oxygen atoms in total. The summed E-state index contributed by atoms with van der Waals surface area (Å²) in [5.74, 6) is 0.431. The number of anilines is 1. The third-order valence-electron chi connectivity index (χ3n) is 2.70. The molecule has 0 heterocycles. The van der Waals surface area contributed by atoms with Gasteiger partial charge in [-0.15, -0.1) is 0 Å². The molecule has 0 unspecified atom stereocenters. The Morgan fingerprint density at radius 3 is 2.52 bits per heavy atom. The molecule has 2 rings (SSSR count). The number of halogens is 3. The molecule has 0 bridgehead atoms. The van der Waals surface area contributed by atoms with Crippen LogP contribution in [0.15, 0.2) is 47.6 Å². The van der Waals surface area contributed by atoms with Crippen LogP contribution >= 0.6 is 35.0 Å². The molecule has 0 amide bonds. The second-order valence-corrected chi connectivity index (χ2v) is 5.94. The highest BCUT2D eigenvalue weighted by Gasteiger charge is 2.05. The Morgan fingerprint density at radius 1 is 1.19 bits per heavy atom. The topological polar surface area (TPSA) is 24.4 Å². The van der Waals surface area contributed by atoms with E-state index >= 15 is 0 Å². The normalized spacial score (nSPS) is 11.5. The van der Waals surface area contributed by atoms with Crippen molar-refractivity contribution in [3.05, 3.63) is 63.9 Å². The van der Waals surface area contributed by atoms with Crippen LogP contribution in [0.4, 0.5) is 10.1 Å². The van der Waals surface area contributed by atoms with Crippen molar-refractivity contribution >= 4 is 46.4 Å². The quantitative estimate of drug-likeness (QED) is 0.588. The largest absolute Gasteiger partial charge is 0.277 e. The van der Waals surface area contributed by atoms with Crippen LogP contribution in [0, 0.1) is 5.82 Å². The number of hydrazone groups is 1. The zero-order valence-electron chi connectivity index (χ0n) is 11.2. The molecular formula is C15H13Cl2FN2S. The minimum atomic E-state index is -0.268. The van der Waals surface area contributed by atoms with E-state index in [9.17, 15) is 4.39 Å². The van der Waals surface area contributed by atoms with Crippen LogP contribution in [-0.4, -0.2) is 17.7 Å². The lowest BCUT2D eigenvalue weighted by Crippen LogP contribution is -2.07. The van der Waals surface area contributed by atoms with Gasteiger partial charge in [0, 0.05) is 10.8 Å². The molecule has 0 spiro atoms. The predicted octanol–water partition coefficient (Wildman–Crippen LogP) is 5.31. The summed E-state index contributed by atoms with van der Waals surface area (Å²) in [5.41, 5.74) is 5.27. The molecule has 21 heavy (non-hydrogen) atoms. The Morgan fingerprint density at radius 2 is 1.90 bits per heavy atom. The van der Waals surface area contributed by atoms with E-state index in [-0.39, 0.29) is 5.82 Å². The number of nitrogens with zero attached hydrogens (tertiary/aromatic N) is 1. The van der Waals surface area contributed by atoms with E-state index in [0.29, 0.717) is 21.5 Å². The van der Waals surface area contributed by atoms with Crippen molar-refractivity contribution in [1.82, 2.24) is 0 Å². The van der Waals surface area contributed by atoms with Crippen molar-refractivity contribution in [1.29, 1.82) is 0 Å². The van der Waals surface area contributed by atoms with Crippen LogP contribution in [0.3, 0.4) is 0 Å². The molecule has 0 atom stereocenters. The Bertz CT molecular complexity index is 645. The molecule has 2 aromatic carbocycles. The van der Waals surface area contributed by atoms with Crippen LogP contribution < -0.4 is 5.43 Å². The molecule has 110 valence electrons. The van der Waals surface area contributed by atoms with E-state index in [2.05, 4.69) is 10.5 Å². The van der Waals surface area contributed by atoms with Gasteiger partial charge >= 0.3 is 0 Å². The van der Waals surface area contributed by atoms with Gasteiger partial charge in [0.05, 0.1) is 16.4 Å². The summed E-state index contributed by atoms with van der Waals surface area (Å²) in [4.78, 5) is 0. The number of hydrogen-bond donors (Lipinski definition) is 1. The third-order valence-corrected chi connectivity index (χ3v) is 3.81. The Labute approximate surface area is 137 Å². The van der Waals surface area contributed by atoms with Crippen molar-refractivity contribution in [2.75, 3.05) is 17.4 Å². The predicted molar refractivity (Wildman–Crippen MR) is 91.4 cm³/mol. The zero-order chi connectivity index (χ0) is 15.2. The van der Waals surface area contributed by atoms with E-state index in [1.54, 1.807) is 42.1 Å². The first-order chi connectivity index (χ1) is 10.1. The van der Waals surface area contributed by atoms with E-state index in [4.69, 9.17) is 23.2 Å². The highest BCUT2D eigenvalue weighted by molar-refractivity contribution is 7.99. The number of nitrogens with one attached hydrogen (secondary N) is 1. The molecule has 2 aromatic rings. The van der Waals surface area contributed by atoms with Crippen LogP contribution in [0.1, 0.15) is 5.56 Å². The van der Waals surface area contributed by atoms with Gasteiger partial charge in [0.2, 0.25) is 0 Å². The average Bonchev–Trinajstić information content (AvgIpc) is 2.46. The maximum atomic E-state index is 13.0. The Hall–Kier alpha value is -1.23. The molecule has 0 aliphatic carbocycles. The first-order valence-electron chi connectivity index (χ1n) is 6.12. The fourth-order valence-corrected chi connectivity index (χ4v) is 2.62. The SMILES string of the molecule is CSCC(=NNc1ccc(Cl)cc1Cl)c1ccc(F)cc1. The lowest BCUT2D eigenvalue weighted by molar-refractivity contribution is 0.628. The number of rotatable bonds is 5. The molecule has 0 radical (unpaired) electrons. The first-order valence-corrected chi connectivity index (χ1v) is 8.27. The highest BCUT2D eigenvalue weighted by Crippen LogP contribution is 2.25. The monoisotopic (exact) mass is 342 g/mol. The maximum absolute atomic E-state index is 13.0. The van der Waals surface area contributed by atoms with E-state index in [1.807, 2.05) is 6.26 Å². The highest BCUT2D eigenvalue weighted by atomic mass is 35.5. The van der Waals surface area contributed by atoms with Gasteiger partial charge in [-0.25, -0.2) is 4.39 Å². The summed E-state index contributed by atoms with van der Waals surface area (Å²) in [6.07, 6.45) is 1.98. The minimum absolute atomic E-state index is 0.268. The van der Waals surface area contributed by atoms with Crippen molar-refractivity contribution < 1.29 is 4.39 Å². The summed E-state index contributed by atoms with van der Waals surface area (Å²) < 4.78 is 13.0. The fourth-order valence-electron chi connectivity index (χ4n) is 1.67. The van der Waals surface area contributed by atoms with Crippen LogP contribution in [0.2, 0.25) is 10.0 Å². The summed E-state index contributed by atoms with van der Waals surface area (Å²) >= 11 is 13.6. The second-order valence-electron chi connectivity index (χ2n) is 4.23. The molecule has 0 aromatic heterocycles. The van der Waals surface area contributed by atoms with Crippen LogP contribution in [0.5, 0.6) is 0 Å². The van der Waals surface area contributed by atoms with Gasteiger partial charge < -0.3 is 0 Å². The minimum Gasteiger partial charge on any atom is -0.277 e. The molecule has 0 aliphatic heterocycles. The smallest absolute Gasteiger partial charge is 0.123 e. The second kappa shape index (κ2) is 7.69. The summed E-state index contributed by atoms with van der Waals surface area (Å²) in [6, 6.07) is 11.4. The number of benzene rings is 2. The molecule has 6 heteroatoms. The third kappa shape index (κ3) is 4.63. The van der Waals surface area contributed by atoms with Gasteiger partial charge in [0.1, 0.15) is 5.82 Å². The summed E-state index contributed by atoms with van der Waals surface area (Å²) in [5, 5.41) is 5.43. The van der Waals surface area contributed by atoms with Crippen molar-refractivity contribution in [3.63, 3.8) is 0 Å². The van der Waals surface area contributed by atoms with E-state index < -0.39 is 0 Å².